The Balaban J connectivity index is 3.49. The molecule has 0 fully saturated rings. The Morgan fingerprint density at radius 2 is 2.11 bits per heavy atom. The fourth-order valence-electron chi connectivity index (χ4n) is 1.11. The monoisotopic (exact) mass is 300 g/mol. The second-order valence-corrected chi connectivity index (χ2v) is 3.28. The molecule has 7 nitrogen and oxygen atoms in total. The predicted octanol–water partition coefficient (Wildman–Crippen LogP) is 2.28. The summed E-state index contributed by atoms with van der Waals surface area (Å²) in [6, 6.07) is 0.495. The number of nitrogens with zero attached hydrogens (tertiary/aromatic N) is 2. The van der Waals surface area contributed by atoms with Gasteiger partial charge in [-0.15, -0.1) is 13.2 Å². The molecule has 0 N–H and O–H groups in total. The van der Waals surface area contributed by atoms with E-state index in [0.717, 1.165) is 7.11 Å². The Bertz CT molecular complexity index is 534. The molecule has 0 saturated carbocycles. The van der Waals surface area contributed by atoms with Gasteiger partial charge in [-0.2, -0.15) is 0 Å². The van der Waals surface area contributed by atoms with E-state index < -0.39 is 39.5 Å². The molecule has 0 bridgehead atoms. The van der Waals surface area contributed by atoms with Gasteiger partial charge >= 0.3 is 12.2 Å². The molecule has 11 heteroatoms. The Morgan fingerprint density at radius 3 is 2.47 bits per heavy atom. The fourth-order valence-corrected chi connectivity index (χ4v) is 1.21. The van der Waals surface area contributed by atoms with Gasteiger partial charge in [0.1, 0.15) is 0 Å². The topological polar surface area (TPSA) is 91.6 Å². The summed E-state index contributed by atoms with van der Waals surface area (Å²) >= 11 is 5.02. The second-order valence-electron chi connectivity index (χ2n) is 2.94. The van der Waals surface area contributed by atoms with Crippen molar-refractivity contribution in [2.24, 2.45) is 0 Å². The van der Waals surface area contributed by atoms with Crippen LogP contribution in [-0.4, -0.2) is 28.6 Å². The third-order valence-electron chi connectivity index (χ3n) is 1.73. The standard InChI is InChI=1S/C8H4ClF3N2O5/c1-18-5-4(19-8(10,11)12)2-3(6(9)15)13-7(5)14(16)17/h2H,1H3. The number of carbonyl (C=O) groups excluding carboxylic acids is 1. The third kappa shape index (κ3) is 3.68. The fraction of sp³-hybridized carbons (Fsp3) is 0.250. The average molecular weight is 301 g/mol. The zero-order chi connectivity index (χ0) is 14.8. The third-order valence-corrected chi connectivity index (χ3v) is 1.92. The molecular weight excluding hydrogens is 297 g/mol. The molecule has 0 aliphatic heterocycles. The Labute approximate surface area is 108 Å². The summed E-state index contributed by atoms with van der Waals surface area (Å²) < 4.78 is 44.4. The number of hydrogen-bond acceptors (Lipinski definition) is 6. The molecule has 104 valence electrons. The van der Waals surface area contributed by atoms with Gasteiger partial charge in [-0.3, -0.25) is 4.79 Å². The molecule has 1 aromatic heterocycles. The Morgan fingerprint density at radius 1 is 1.53 bits per heavy atom. The number of hydrogen-bond donors (Lipinski definition) is 0. The van der Waals surface area contributed by atoms with Crippen molar-refractivity contribution in [2.45, 2.75) is 6.36 Å². The lowest BCUT2D eigenvalue weighted by Crippen LogP contribution is -2.18. The molecule has 0 amide bonds. The van der Waals surface area contributed by atoms with E-state index in [2.05, 4.69) is 14.5 Å². The average Bonchev–Trinajstić information content (AvgIpc) is 2.25. The smallest absolute Gasteiger partial charge is 0.486 e. The van der Waals surface area contributed by atoms with Gasteiger partial charge in [0.2, 0.25) is 5.69 Å². The van der Waals surface area contributed by atoms with Gasteiger partial charge in [-0.05, 0) is 21.5 Å². The van der Waals surface area contributed by atoms with E-state index in [1.165, 1.54) is 0 Å². The summed E-state index contributed by atoms with van der Waals surface area (Å²) in [5, 5.41) is 9.37. The van der Waals surface area contributed by atoms with Crippen molar-refractivity contribution in [3.63, 3.8) is 0 Å². The number of aromatic nitrogens is 1. The minimum atomic E-state index is -5.13. The summed E-state index contributed by atoms with van der Waals surface area (Å²) in [5.74, 6) is -3.07. The van der Waals surface area contributed by atoms with Gasteiger partial charge in [0, 0.05) is 6.07 Å². The van der Waals surface area contributed by atoms with Crippen LogP contribution < -0.4 is 9.47 Å². The number of nitro groups is 1. The summed E-state index contributed by atoms with van der Waals surface area (Å²) in [6.07, 6.45) is -5.13. The molecule has 1 heterocycles. The van der Waals surface area contributed by atoms with Crippen molar-refractivity contribution in [3.8, 4) is 11.5 Å². The lowest BCUT2D eigenvalue weighted by atomic mass is 10.3. The van der Waals surface area contributed by atoms with Gasteiger partial charge < -0.3 is 19.6 Å². The van der Waals surface area contributed by atoms with Crippen LogP contribution in [0.3, 0.4) is 0 Å². The lowest BCUT2D eigenvalue weighted by Gasteiger charge is -2.11. The van der Waals surface area contributed by atoms with Crippen LogP contribution in [-0.2, 0) is 0 Å². The number of halogens is 4. The normalized spacial score (nSPS) is 11.0. The molecule has 0 saturated heterocycles. The van der Waals surface area contributed by atoms with E-state index in [1.54, 1.807) is 0 Å². The van der Waals surface area contributed by atoms with Gasteiger partial charge in [0.25, 0.3) is 11.0 Å². The van der Waals surface area contributed by atoms with Gasteiger partial charge in [0.15, 0.2) is 5.75 Å². The quantitative estimate of drug-likeness (QED) is 0.481. The van der Waals surface area contributed by atoms with E-state index in [4.69, 9.17) is 11.6 Å². The lowest BCUT2D eigenvalue weighted by molar-refractivity contribution is -0.390. The zero-order valence-electron chi connectivity index (χ0n) is 9.02. The van der Waals surface area contributed by atoms with Crippen LogP contribution in [0.25, 0.3) is 0 Å². The first-order valence-corrected chi connectivity index (χ1v) is 4.72. The van der Waals surface area contributed by atoms with Crippen LogP contribution in [0, 0.1) is 10.1 Å². The largest absolute Gasteiger partial charge is 0.573 e. The molecule has 1 aromatic rings. The number of methoxy groups -OCH3 is 1. The highest BCUT2D eigenvalue weighted by Crippen LogP contribution is 2.38. The number of pyridine rings is 1. The van der Waals surface area contributed by atoms with Crippen molar-refractivity contribution < 1.29 is 32.4 Å². The molecule has 0 aliphatic rings. The number of rotatable bonds is 4. The zero-order valence-corrected chi connectivity index (χ0v) is 9.78. The van der Waals surface area contributed by atoms with Gasteiger partial charge in [-0.1, -0.05) is 0 Å². The second kappa shape index (κ2) is 5.26. The highest BCUT2D eigenvalue weighted by atomic mass is 35.5. The minimum Gasteiger partial charge on any atom is -0.486 e. The maximum Gasteiger partial charge on any atom is 0.573 e. The summed E-state index contributed by atoms with van der Waals surface area (Å²) in [7, 11) is 0.884. The van der Waals surface area contributed by atoms with Crippen LogP contribution in [0.1, 0.15) is 10.5 Å². The molecular formula is C8H4ClF3N2O5. The van der Waals surface area contributed by atoms with Crippen LogP contribution in [0.4, 0.5) is 19.0 Å². The summed E-state index contributed by atoms with van der Waals surface area (Å²) in [5.41, 5.74) is -0.770. The SMILES string of the molecule is COc1c(OC(F)(F)F)cc(C(=O)Cl)nc1[N+](=O)[O-]. The Kier molecular flexibility index (Phi) is 4.14. The molecule has 0 aliphatic carbocycles. The first-order valence-electron chi connectivity index (χ1n) is 4.34. The van der Waals surface area contributed by atoms with Crippen LogP contribution in [0.5, 0.6) is 11.5 Å². The van der Waals surface area contributed by atoms with Crippen molar-refractivity contribution in [3.05, 3.63) is 21.9 Å². The van der Waals surface area contributed by atoms with Crippen molar-refractivity contribution in [1.82, 2.24) is 4.98 Å². The van der Waals surface area contributed by atoms with E-state index >= 15 is 0 Å². The minimum absolute atomic E-state index is 0.495. The van der Waals surface area contributed by atoms with Crippen molar-refractivity contribution in [2.75, 3.05) is 7.11 Å². The summed E-state index contributed by atoms with van der Waals surface area (Å²) in [4.78, 5) is 23.5. The van der Waals surface area contributed by atoms with Gasteiger partial charge in [-0.25, -0.2) is 0 Å². The van der Waals surface area contributed by atoms with E-state index in [9.17, 15) is 28.1 Å². The predicted molar refractivity (Wildman–Crippen MR) is 54.3 cm³/mol. The molecule has 19 heavy (non-hydrogen) atoms. The molecule has 0 unspecified atom stereocenters. The maximum atomic E-state index is 12.1. The first kappa shape index (κ1) is 15.0. The van der Waals surface area contributed by atoms with Crippen LogP contribution in [0.15, 0.2) is 6.07 Å². The maximum absolute atomic E-state index is 12.1. The van der Waals surface area contributed by atoms with E-state index in [1.807, 2.05) is 0 Å². The number of carbonyl (C=O) groups is 1. The van der Waals surface area contributed by atoms with Crippen molar-refractivity contribution >= 4 is 22.7 Å². The number of alkyl halides is 3. The molecule has 0 radical (unpaired) electrons. The van der Waals surface area contributed by atoms with Crippen molar-refractivity contribution in [1.29, 1.82) is 0 Å². The van der Waals surface area contributed by atoms with E-state index in [-0.39, 0.29) is 0 Å². The molecule has 0 aromatic carbocycles. The van der Waals surface area contributed by atoms with Gasteiger partial charge in [0.05, 0.1) is 7.11 Å². The molecule has 0 spiro atoms. The molecule has 1 rings (SSSR count). The van der Waals surface area contributed by atoms with Crippen LogP contribution >= 0.6 is 11.6 Å². The van der Waals surface area contributed by atoms with E-state index in [0.29, 0.717) is 6.07 Å². The molecule has 0 atom stereocenters. The number of ether oxygens (including phenoxy) is 2. The highest BCUT2D eigenvalue weighted by Gasteiger charge is 2.36. The first-order chi connectivity index (χ1) is 8.65. The Hall–Kier alpha value is -2.10. The summed E-state index contributed by atoms with van der Waals surface area (Å²) in [6.45, 7) is 0. The van der Waals surface area contributed by atoms with Crippen LogP contribution in [0.2, 0.25) is 0 Å². The highest BCUT2D eigenvalue weighted by molar-refractivity contribution is 6.67.